The molecule has 96 valence electrons. The van der Waals surface area contributed by atoms with Crippen molar-refractivity contribution < 1.29 is 19.4 Å². The first-order valence-corrected chi connectivity index (χ1v) is 5.64. The van der Waals surface area contributed by atoms with Crippen LogP contribution in [0.1, 0.15) is 0 Å². The predicted molar refractivity (Wildman–Crippen MR) is 65.7 cm³/mol. The summed E-state index contributed by atoms with van der Waals surface area (Å²) in [6, 6.07) is 7.07. The van der Waals surface area contributed by atoms with Crippen LogP contribution in [-0.4, -0.2) is 43.3 Å². The molecule has 0 aliphatic carbocycles. The molecule has 0 unspecified atom stereocenters. The third kappa shape index (κ3) is 2.98. The number of carboxylic acid groups (broad SMARTS) is 1. The normalized spacial score (nSPS) is 15.2. The Labute approximate surface area is 104 Å². The number of ether oxygens (including phenoxy) is 1. The number of morpholine rings is 1. The average Bonchev–Trinajstić information content (AvgIpc) is 2.40. The zero-order chi connectivity index (χ0) is 13.0. The van der Waals surface area contributed by atoms with Crippen molar-refractivity contribution in [1.29, 1.82) is 0 Å². The number of nitrogens with zero attached hydrogens (tertiary/aromatic N) is 1. The van der Waals surface area contributed by atoms with E-state index in [4.69, 9.17) is 9.84 Å². The van der Waals surface area contributed by atoms with Gasteiger partial charge >= 0.3 is 11.9 Å². The van der Waals surface area contributed by atoms with Gasteiger partial charge in [-0.05, 0) is 24.3 Å². The maximum absolute atomic E-state index is 11.0. The third-order valence-corrected chi connectivity index (χ3v) is 2.70. The van der Waals surface area contributed by atoms with Gasteiger partial charge in [-0.25, -0.2) is 4.79 Å². The van der Waals surface area contributed by atoms with E-state index in [9.17, 15) is 9.59 Å². The number of hydrogen-bond acceptors (Lipinski definition) is 4. The van der Waals surface area contributed by atoms with Gasteiger partial charge in [0.1, 0.15) is 0 Å². The van der Waals surface area contributed by atoms with Crippen molar-refractivity contribution in [2.45, 2.75) is 0 Å². The fourth-order valence-corrected chi connectivity index (χ4v) is 1.76. The Morgan fingerprint density at radius 3 is 2.33 bits per heavy atom. The first-order valence-electron chi connectivity index (χ1n) is 5.64. The van der Waals surface area contributed by atoms with E-state index in [1.165, 1.54) is 0 Å². The van der Waals surface area contributed by atoms with Gasteiger partial charge in [0, 0.05) is 24.5 Å². The largest absolute Gasteiger partial charge is 0.474 e. The number of anilines is 2. The summed E-state index contributed by atoms with van der Waals surface area (Å²) in [4.78, 5) is 23.5. The van der Waals surface area contributed by atoms with Crippen molar-refractivity contribution in [2.75, 3.05) is 36.5 Å². The molecule has 0 radical (unpaired) electrons. The van der Waals surface area contributed by atoms with Crippen molar-refractivity contribution in [3.8, 4) is 0 Å². The van der Waals surface area contributed by atoms with E-state index in [1.54, 1.807) is 12.1 Å². The summed E-state index contributed by atoms with van der Waals surface area (Å²) in [5.41, 5.74) is 1.51. The minimum Gasteiger partial charge on any atom is -0.474 e. The number of rotatable bonds is 2. The number of carboxylic acids is 1. The highest BCUT2D eigenvalue weighted by Crippen LogP contribution is 2.18. The van der Waals surface area contributed by atoms with Gasteiger partial charge in [-0.15, -0.1) is 0 Å². The van der Waals surface area contributed by atoms with E-state index in [0.717, 1.165) is 18.8 Å². The zero-order valence-corrected chi connectivity index (χ0v) is 9.76. The lowest BCUT2D eigenvalue weighted by Crippen LogP contribution is -2.36. The molecule has 1 aromatic rings. The Kier molecular flexibility index (Phi) is 3.78. The summed E-state index contributed by atoms with van der Waals surface area (Å²) in [5, 5.41) is 10.8. The summed E-state index contributed by atoms with van der Waals surface area (Å²) in [6.07, 6.45) is 0. The number of benzene rings is 1. The van der Waals surface area contributed by atoms with E-state index >= 15 is 0 Å². The van der Waals surface area contributed by atoms with Gasteiger partial charge in [0.2, 0.25) is 0 Å². The van der Waals surface area contributed by atoms with Crippen LogP contribution in [0.3, 0.4) is 0 Å². The molecular formula is C12H14N2O4. The molecule has 2 N–H and O–H groups in total. The highest BCUT2D eigenvalue weighted by atomic mass is 16.5. The van der Waals surface area contributed by atoms with Crippen molar-refractivity contribution >= 4 is 23.3 Å². The van der Waals surface area contributed by atoms with Crippen molar-refractivity contribution in [3.63, 3.8) is 0 Å². The Balaban J connectivity index is 2.00. The summed E-state index contributed by atoms with van der Waals surface area (Å²) < 4.78 is 5.26. The molecular weight excluding hydrogens is 236 g/mol. The molecule has 1 aromatic carbocycles. The lowest BCUT2D eigenvalue weighted by molar-refractivity contribution is -0.147. The molecule has 0 aromatic heterocycles. The minimum atomic E-state index is -1.49. The van der Waals surface area contributed by atoms with Gasteiger partial charge in [-0.2, -0.15) is 0 Å². The first kappa shape index (κ1) is 12.4. The molecule has 0 bridgehead atoms. The van der Waals surface area contributed by atoms with Crippen LogP contribution in [0.4, 0.5) is 11.4 Å². The second kappa shape index (κ2) is 5.50. The highest BCUT2D eigenvalue weighted by molar-refractivity contribution is 6.36. The van der Waals surface area contributed by atoms with Crippen LogP contribution in [0.2, 0.25) is 0 Å². The van der Waals surface area contributed by atoms with Gasteiger partial charge in [-0.3, -0.25) is 4.79 Å². The van der Waals surface area contributed by atoms with Crippen LogP contribution >= 0.6 is 0 Å². The topological polar surface area (TPSA) is 78.9 Å². The van der Waals surface area contributed by atoms with Gasteiger partial charge < -0.3 is 20.1 Å². The van der Waals surface area contributed by atoms with Gasteiger partial charge in [-0.1, -0.05) is 0 Å². The maximum atomic E-state index is 11.0. The van der Waals surface area contributed by atoms with Crippen molar-refractivity contribution in [2.24, 2.45) is 0 Å². The lowest BCUT2D eigenvalue weighted by atomic mass is 10.2. The van der Waals surface area contributed by atoms with E-state index < -0.39 is 11.9 Å². The molecule has 1 fully saturated rings. The standard InChI is InChI=1S/C12H14N2O4/c15-11(12(16)17)13-9-1-3-10(4-2-9)14-5-7-18-8-6-14/h1-4H,5-8H2,(H,13,15)(H,16,17). The maximum Gasteiger partial charge on any atom is 0.394 e. The number of aliphatic carboxylic acids is 1. The van der Waals surface area contributed by atoms with Gasteiger partial charge in [0.05, 0.1) is 13.2 Å². The monoisotopic (exact) mass is 250 g/mol. The zero-order valence-electron chi connectivity index (χ0n) is 9.76. The van der Waals surface area contributed by atoms with E-state index in [1.807, 2.05) is 12.1 Å². The van der Waals surface area contributed by atoms with E-state index in [-0.39, 0.29) is 0 Å². The molecule has 1 aliphatic rings. The minimum absolute atomic E-state index is 0.472. The Morgan fingerprint density at radius 1 is 1.17 bits per heavy atom. The van der Waals surface area contributed by atoms with E-state index in [2.05, 4.69) is 10.2 Å². The first-order chi connectivity index (χ1) is 8.66. The fraction of sp³-hybridized carbons (Fsp3) is 0.333. The van der Waals surface area contributed by atoms with Gasteiger partial charge in [0.25, 0.3) is 0 Å². The summed E-state index contributed by atoms with van der Waals surface area (Å²) >= 11 is 0. The van der Waals surface area contributed by atoms with Crippen LogP contribution < -0.4 is 10.2 Å². The Morgan fingerprint density at radius 2 is 1.78 bits per heavy atom. The summed E-state index contributed by atoms with van der Waals surface area (Å²) in [5.74, 6) is -2.53. The second-order valence-corrected chi connectivity index (χ2v) is 3.91. The molecule has 0 atom stereocenters. The molecule has 1 aliphatic heterocycles. The van der Waals surface area contributed by atoms with Crippen LogP contribution in [0, 0.1) is 0 Å². The molecule has 0 spiro atoms. The van der Waals surface area contributed by atoms with Crippen LogP contribution in [-0.2, 0) is 14.3 Å². The molecule has 1 amide bonds. The van der Waals surface area contributed by atoms with Crippen molar-refractivity contribution in [3.05, 3.63) is 24.3 Å². The molecule has 6 heteroatoms. The SMILES string of the molecule is O=C(O)C(=O)Nc1ccc(N2CCOCC2)cc1. The predicted octanol–water partition coefficient (Wildman–Crippen LogP) is 0.546. The second-order valence-electron chi connectivity index (χ2n) is 3.91. The average molecular weight is 250 g/mol. The fourth-order valence-electron chi connectivity index (χ4n) is 1.76. The molecule has 1 saturated heterocycles. The third-order valence-electron chi connectivity index (χ3n) is 2.70. The van der Waals surface area contributed by atoms with Crippen molar-refractivity contribution in [1.82, 2.24) is 0 Å². The Bertz CT molecular complexity index is 438. The van der Waals surface area contributed by atoms with Crippen LogP contribution in [0.25, 0.3) is 0 Å². The van der Waals surface area contributed by atoms with Crippen LogP contribution in [0.5, 0.6) is 0 Å². The molecule has 1 heterocycles. The van der Waals surface area contributed by atoms with Crippen LogP contribution in [0.15, 0.2) is 24.3 Å². The Hall–Kier alpha value is -2.08. The smallest absolute Gasteiger partial charge is 0.394 e. The molecule has 2 rings (SSSR count). The molecule has 18 heavy (non-hydrogen) atoms. The molecule has 0 saturated carbocycles. The lowest BCUT2D eigenvalue weighted by Gasteiger charge is -2.28. The van der Waals surface area contributed by atoms with E-state index in [0.29, 0.717) is 18.9 Å². The number of carbonyl (C=O) groups excluding carboxylic acids is 1. The highest BCUT2D eigenvalue weighted by Gasteiger charge is 2.13. The summed E-state index contributed by atoms with van der Waals surface area (Å²) in [6.45, 7) is 3.08. The number of carbonyl (C=O) groups is 2. The summed E-state index contributed by atoms with van der Waals surface area (Å²) in [7, 11) is 0. The number of nitrogens with one attached hydrogen (secondary N) is 1. The number of amides is 1. The number of hydrogen-bond donors (Lipinski definition) is 2. The van der Waals surface area contributed by atoms with Gasteiger partial charge in [0.15, 0.2) is 0 Å². The molecule has 6 nitrogen and oxygen atoms in total. The quantitative estimate of drug-likeness (QED) is 0.749.